The number of methoxy groups -OCH3 is 2. The lowest BCUT2D eigenvalue weighted by Crippen LogP contribution is -2.38. The molecule has 0 atom stereocenters. The van der Waals surface area contributed by atoms with E-state index in [1.54, 1.807) is 38.5 Å². The normalized spacial score (nSPS) is 11.6. The zero-order valence-corrected chi connectivity index (χ0v) is 25.6. The first kappa shape index (κ1) is 32.4. The van der Waals surface area contributed by atoms with Crippen LogP contribution >= 0.6 is 0 Å². The van der Waals surface area contributed by atoms with Crippen molar-refractivity contribution in [2.75, 3.05) is 57.3 Å². The van der Waals surface area contributed by atoms with E-state index in [9.17, 15) is 26.4 Å². The van der Waals surface area contributed by atoms with Crippen LogP contribution in [0.15, 0.2) is 71.6 Å². The molecule has 42 heavy (non-hydrogen) atoms. The summed E-state index contributed by atoms with van der Waals surface area (Å²) in [4.78, 5) is 25.9. The number of sulfonamides is 2. The lowest BCUT2D eigenvalue weighted by molar-refractivity contribution is -0.114. The third kappa shape index (κ3) is 7.99. The van der Waals surface area contributed by atoms with E-state index in [1.165, 1.54) is 44.4 Å². The molecule has 3 aromatic rings. The number of nitrogens with zero attached hydrogens (tertiary/aromatic N) is 2. The molecule has 14 heteroatoms. The van der Waals surface area contributed by atoms with Gasteiger partial charge in [-0.15, -0.1) is 0 Å². The summed E-state index contributed by atoms with van der Waals surface area (Å²) in [5.74, 6) is 0.0470. The molecule has 2 N–H and O–H groups in total. The average molecular weight is 619 g/mol. The zero-order chi connectivity index (χ0) is 31.1. The summed E-state index contributed by atoms with van der Waals surface area (Å²) >= 11 is 0. The molecule has 0 saturated heterocycles. The molecule has 0 saturated carbocycles. The summed E-state index contributed by atoms with van der Waals surface area (Å²) in [6, 6.07) is 17.0. The Morgan fingerprint density at radius 3 is 2.10 bits per heavy atom. The third-order valence-electron chi connectivity index (χ3n) is 6.18. The lowest BCUT2D eigenvalue weighted by Gasteiger charge is -2.22. The Kier molecular flexibility index (Phi) is 10.5. The maximum Gasteiger partial charge on any atom is 0.253 e. The van der Waals surface area contributed by atoms with E-state index in [1.807, 2.05) is 12.1 Å². The minimum absolute atomic E-state index is 0.0276. The van der Waals surface area contributed by atoms with Gasteiger partial charge in [-0.1, -0.05) is 18.2 Å². The number of para-hydroxylation sites is 1. The van der Waals surface area contributed by atoms with Crippen LogP contribution in [0.2, 0.25) is 0 Å². The first-order valence-corrected chi connectivity index (χ1v) is 15.9. The van der Waals surface area contributed by atoms with Crippen molar-refractivity contribution in [1.82, 2.24) is 9.62 Å². The molecule has 0 spiro atoms. The first-order valence-electron chi connectivity index (χ1n) is 12.7. The van der Waals surface area contributed by atoms with E-state index in [0.717, 1.165) is 20.4 Å². The molecule has 0 unspecified atom stereocenters. The van der Waals surface area contributed by atoms with E-state index in [4.69, 9.17) is 9.47 Å². The van der Waals surface area contributed by atoms with Gasteiger partial charge in [0.1, 0.15) is 6.54 Å². The predicted molar refractivity (Wildman–Crippen MR) is 160 cm³/mol. The second-order valence-electron chi connectivity index (χ2n) is 9.34. The summed E-state index contributed by atoms with van der Waals surface area (Å²) in [7, 11) is -1.80. The first-order chi connectivity index (χ1) is 19.8. The van der Waals surface area contributed by atoms with Crippen LogP contribution in [-0.4, -0.2) is 80.6 Å². The van der Waals surface area contributed by atoms with Gasteiger partial charge in [0.15, 0.2) is 11.5 Å². The Bertz CT molecular complexity index is 1640. The number of carbonyl (C=O) groups is 2. The number of amides is 2. The third-order valence-corrected chi connectivity index (χ3v) is 9.15. The molecule has 0 aromatic heterocycles. The van der Waals surface area contributed by atoms with Crippen LogP contribution in [0.5, 0.6) is 11.5 Å². The van der Waals surface area contributed by atoms with Crippen LogP contribution in [-0.2, 0) is 31.3 Å². The van der Waals surface area contributed by atoms with Crippen molar-refractivity contribution in [3.8, 4) is 11.5 Å². The van der Waals surface area contributed by atoms with Crippen molar-refractivity contribution >= 4 is 43.2 Å². The number of anilines is 2. The molecule has 0 bridgehead atoms. The molecule has 3 rings (SSSR count). The molecule has 0 aliphatic rings. The monoisotopic (exact) mass is 618 g/mol. The van der Waals surface area contributed by atoms with Gasteiger partial charge in [-0.2, -0.15) is 0 Å². The van der Waals surface area contributed by atoms with Gasteiger partial charge in [0.25, 0.3) is 5.91 Å². The molecule has 3 aromatic carbocycles. The number of hydrogen-bond acceptors (Lipinski definition) is 8. The lowest BCUT2D eigenvalue weighted by atomic mass is 10.1. The Balaban J connectivity index is 1.70. The van der Waals surface area contributed by atoms with Crippen molar-refractivity contribution in [2.45, 2.75) is 11.3 Å². The van der Waals surface area contributed by atoms with E-state index >= 15 is 0 Å². The van der Waals surface area contributed by atoms with E-state index in [0.29, 0.717) is 24.5 Å². The number of carbonyl (C=O) groups excluding carboxylic acids is 2. The second-order valence-corrected chi connectivity index (χ2v) is 13.4. The van der Waals surface area contributed by atoms with E-state index < -0.39 is 38.4 Å². The van der Waals surface area contributed by atoms with E-state index in [2.05, 4.69) is 10.6 Å². The number of hydrogen-bond donors (Lipinski definition) is 2. The summed E-state index contributed by atoms with van der Waals surface area (Å²) in [5.41, 5.74) is 1.42. The highest BCUT2D eigenvalue weighted by Gasteiger charge is 2.24. The molecule has 0 fully saturated rings. The van der Waals surface area contributed by atoms with Crippen LogP contribution in [0, 0.1) is 0 Å². The van der Waals surface area contributed by atoms with Gasteiger partial charge in [-0.05, 0) is 60.5 Å². The largest absolute Gasteiger partial charge is 0.493 e. The molecule has 2 amide bonds. The fourth-order valence-corrected chi connectivity index (χ4v) is 5.72. The molecule has 0 aliphatic carbocycles. The topological polar surface area (TPSA) is 151 Å². The van der Waals surface area contributed by atoms with Gasteiger partial charge < -0.3 is 20.1 Å². The van der Waals surface area contributed by atoms with Crippen LogP contribution in [0.1, 0.15) is 15.9 Å². The Morgan fingerprint density at radius 2 is 1.50 bits per heavy atom. The van der Waals surface area contributed by atoms with Crippen LogP contribution in [0.4, 0.5) is 11.4 Å². The van der Waals surface area contributed by atoms with Gasteiger partial charge in [0.2, 0.25) is 26.0 Å². The highest BCUT2D eigenvalue weighted by Crippen LogP contribution is 2.27. The summed E-state index contributed by atoms with van der Waals surface area (Å²) in [5, 5.41) is 5.43. The predicted octanol–water partition coefficient (Wildman–Crippen LogP) is 2.33. The Morgan fingerprint density at radius 1 is 0.857 bits per heavy atom. The van der Waals surface area contributed by atoms with Crippen molar-refractivity contribution in [3.63, 3.8) is 0 Å². The quantitative estimate of drug-likeness (QED) is 0.296. The summed E-state index contributed by atoms with van der Waals surface area (Å²) in [6.45, 7) is -0.300. The molecule has 0 radical (unpaired) electrons. The summed E-state index contributed by atoms with van der Waals surface area (Å²) < 4.78 is 62.2. The van der Waals surface area contributed by atoms with Gasteiger partial charge >= 0.3 is 0 Å². The number of nitrogens with one attached hydrogen (secondary N) is 2. The highest BCUT2D eigenvalue weighted by molar-refractivity contribution is 7.92. The fourth-order valence-electron chi connectivity index (χ4n) is 3.96. The van der Waals surface area contributed by atoms with E-state index in [-0.39, 0.29) is 21.8 Å². The van der Waals surface area contributed by atoms with Gasteiger partial charge in [0.05, 0.1) is 42.3 Å². The highest BCUT2D eigenvalue weighted by atomic mass is 32.2. The number of rotatable bonds is 13. The average Bonchev–Trinajstić information content (AvgIpc) is 2.95. The SMILES string of the molecule is COc1ccc(CCNC(=O)c2ccccc2NC(=O)CN(c2ccc(S(=O)(=O)N(C)C)cc2)S(C)(=O)=O)cc1OC. The van der Waals surface area contributed by atoms with Crippen LogP contribution in [0.3, 0.4) is 0 Å². The number of benzene rings is 3. The van der Waals surface area contributed by atoms with Crippen molar-refractivity contribution in [2.24, 2.45) is 0 Å². The zero-order valence-electron chi connectivity index (χ0n) is 23.9. The summed E-state index contributed by atoms with van der Waals surface area (Å²) in [6.07, 6.45) is 1.45. The minimum atomic E-state index is -3.93. The smallest absolute Gasteiger partial charge is 0.253 e. The van der Waals surface area contributed by atoms with Crippen LogP contribution < -0.4 is 24.4 Å². The standard InChI is InChI=1S/C28H34N4O8S2/c1-31(2)42(37,38)22-13-11-21(12-14-22)32(41(5,35)36)19-27(33)30-24-9-7-6-8-23(24)28(34)29-17-16-20-10-15-25(39-3)26(18-20)40-4/h6-15,18H,16-17,19H2,1-5H3,(H,29,34)(H,30,33). The Hall–Kier alpha value is -4.14. The molecule has 0 aliphatic heterocycles. The van der Waals surface area contributed by atoms with Gasteiger partial charge in [-0.3, -0.25) is 13.9 Å². The molecule has 12 nitrogen and oxygen atoms in total. The molecular weight excluding hydrogens is 584 g/mol. The molecular formula is C28H34N4O8S2. The second kappa shape index (κ2) is 13.7. The van der Waals surface area contributed by atoms with Gasteiger partial charge in [-0.25, -0.2) is 21.1 Å². The fraction of sp³-hybridized carbons (Fsp3) is 0.286. The maximum absolute atomic E-state index is 13.0. The molecule has 226 valence electrons. The van der Waals surface area contributed by atoms with Crippen molar-refractivity contribution < 1.29 is 35.9 Å². The maximum atomic E-state index is 13.0. The van der Waals surface area contributed by atoms with Crippen molar-refractivity contribution in [1.29, 1.82) is 0 Å². The molecule has 0 heterocycles. The van der Waals surface area contributed by atoms with Crippen LogP contribution in [0.25, 0.3) is 0 Å². The van der Waals surface area contributed by atoms with Gasteiger partial charge in [0, 0.05) is 20.6 Å². The van der Waals surface area contributed by atoms with Crippen molar-refractivity contribution in [3.05, 3.63) is 77.9 Å². The minimum Gasteiger partial charge on any atom is -0.493 e. The number of ether oxygens (including phenoxy) is 2. The Labute approximate surface area is 246 Å².